The fraction of sp³-hybridized carbons (Fsp3) is 0.333. The molecule has 5 heteroatoms. The van der Waals surface area contributed by atoms with Crippen molar-refractivity contribution in [3.63, 3.8) is 0 Å². The van der Waals surface area contributed by atoms with E-state index in [1.54, 1.807) is 11.3 Å². The second-order valence-electron chi connectivity index (χ2n) is 3.60. The maximum atomic E-state index is 5.66. The number of hydrogen-bond donors (Lipinski definition) is 1. The number of fused-ring (bicyclic) bond motifs is 1. The van der Waals surface area contributed by atoms with Gasteiger partial charge in [-0.2, -0.15) is 4.98 Å². The largest absolute Gasteiger partial charge is 0.477 e. The summed E-state index contributed by atoms with van der Waals surface area (Å²) in [7, 11) is 0. The highest BCUT2D eigenvalue weighted by Gasteiger charge is 2.10. The van der Waals surface area contributed by atoms with E-state index in [9.17, 15) is 0 Å². The molecule has 0 fully saturated rings. The van der Waals surface area contributed by atoms with Gasteiger partial charge in [-0.25, -0.2) is 4.98 Å². The zero-order valence-corrected chi connectivity index (χ0v) is 10.6. The molecule has 0 radical (unpaired) electrons. The van der Waals surface area contributed by atoms with Crippen LogP contribution in [0.25, 0.3) is 10.2 Å². The van der Waals surface area contributed by atoms with Crippen molar-refractivity contribution >= 4 is 27.5 Å². The Morgan fingerprint density at radius 1 is 1.53 bits per heavy atom. The molecule has 0 saturated heterocycles. The monoisotopic (exact) mass is 249 g/mol. The molecule has 0 spiro atoms. The normalized spacial score (nSPS) is 10.6. The highest BCUT2D eigenvalue weighted by atomic mass is 32.1. The van der Waals surface area contributed by atoms with E-state index in [0.29, 0.717) is 12.5 Å². The van der Waals surface area contributed by atoms with E-state index < -0.39 is 0 Å². The number of hydrogen-bond acceptors (Lipinski definition) is 5. The SMILES string of the molecule is C=CCCOc1nc(N)nc2sc(CC)cc12. The van der Waals surface area contributed by atoms with Gasteiger partial charge in [-0.15, -0.1) is 17.9 Å². The summed E-state index contributed by atoms with van der Waals surface area (Å²) in [5, 5.41) is 0.949. The average Bonchev–Trinajstić information content (AvgIpc) is 2.72. The van der Waals surface area contributed by atoms with E-state index >= 15 is 0 Å². The van der Waals surface area contributed by atoms with Gasteiger partial charge in [-0.1, -0.05) is 13.0 Å². The van der Waals surface area contributed by atoms with Crippen LogP contribution in [-0.2, 0) is 6.42 Å². The molecule has 2 aromatic rings. The predicted molar refractivity (Wildman–Crippen MR) is 71.5 cm³/mol. The van der Waals surface area contributed by atoms with Gasteiger partial charge in [0.25, 0.3) is 0 Å². The highest BCUT2D eigenvalue weighted by Crippen LogP contribution is 2.31. The van der Waals surface area contributed by atoms with Crippen LogP contribution < -0.4 is 10.5 Å². The number of rotatable bonds is 5. The van der Waals surface area contributed by atoms with E-state index in [1.807, 2.05) is 6.08 Å². The van der Waals surface area contributed by atoms with Crippen LogP contribution in [0.15, 0.2) is 18.7 Å². The molecular formula is C12H15N3OS. The van der Waals surface area contributed by atoms with Gasteiger partial charge in [0, 0.05) is 4.88 Å². The van der Waals surface area contributed by atoms with Gasteiger partial charge in [0.2, 0.25) is 11.8 Å². The van der Waals surface area contributed by atoms with E-state index in [2.05, 4.69) is 29.5 Å². The third-order valence-electron chi connectivity index (χ3n) is 2.34. The van der Waals surface area contributed by atoms with Gasteiger partial charge in [-0.3, -0.25) is 0 Å². The van der Waals surface area contributed by atoms with Crippen LogP contribution >= 0.6 is 11.3 Å². The maximum Gasteiger partial charge on any atom is 0.227 e. The third-order valence-corrected chi connectivity index (χ3v) is 3.51. The van der Waals surface area contributed by atoms with E-state index in [1.165, 1.54) is 4.88 Å². The van der Waals surface area contributed by atoms with Crippen molar-refractivity contribution in [2.75, 3.05) is 12.3 Å². The zero-order chi connectivity index (χ0) is 12.3. The van der Waals surface area contributed by atoms with E-state index in [0.717, 1.165) is 23.1 Å². The molecule has 17 heavy (non-hydrogen) atoms. The fourth-order valence-corrected chi connectivity index (χ4v) is 2.45. The first-order chi connectivity index (χ1) is 8.24. The van der Waals surface area contributed by atoms with Gasteiger partial charge >= 0.3 is 0 Å². The summed E-state index contributed by atoms with van der Waals surface area (Å²) in [6.45, 7) is 6.33. The van der Waals surface area contributed by atoms with Crippen LogP contribution in [0.4, 0.5) is 5.95 Å². The lowest BCUT2D eigenvalue weighted by Crippen LogP contribution is -2.01. The summed E-state index contributed by atoms with van der Waals surface area (Å²) in [5.74, 6) is 0.834. The number of nitrogens with two attached hydrogens (primary N) is 1. The molecule has 2 aromatic heterocycles. The second-order valence-corrected chi connectivity index (χ2v) is 4.71. The molecule has 0 bridgehead atoms. The maximum absolute atomic E-state index is 5.66. The molecule has 0 atom stereocenters. The van der Waals surface area contributed by atoms with Crippen molar-refractivity contribution in [2.24, 2.45) is 0 Å². The Bertz CT molecular complexity index is 536. The summed E-state index contributed by atoms with van der Waals surface area (Å²) < 4.78 is 5.60. The van der Waals surface area contributed by atoms with Crippen molar-refractivity contribution in [3.05, 3.63) is 23.6 Å². The Kier molecular flexibility index (Phi) is 3.58. The van der Waals surface area contributed by atoms with E-state index in [4.69, 9.17) is 10.5 Å². The van der Waals surface area contributed by atoms with Gasteiger partial charge < -0.3 is 10.5 Å². The number of nitrogens with zero attached hydrogens (tertiary/aromatic N) is 2. The number of thiophene rings is 1. The number of anilines is 1. The predicted octanol–water partition coefficient (Wildman–Crippen LogP) is 2.79. The molecule has 2 N–H and O–H groups in total. The number of nitrogen functional groups attached to an aromatic ring is 1. The first-order valence-corrected chi connectivity index (χ1v) is 6.36. The molecule has 0 unspecified atom stereocenters. The Morgan fingerprint density at radius 3 is 3.06 bits per heavy atom. The van der Waals surface area contributed by atoms with Crippen LogP contribution in [0.1, 0.15) is 18.2 Å². The number of aromatic nitrogens is 2. The lowest BCUT2D eigenvalue weighted by molar-refractivity contribution is 0.317. The summed E-state index contributed by atoms with van der Waals surface area (Å²) in [6.07, 6.45) is 3.58. The lowest BCUT2D eigenvalue weighted by atomic mass is 10.3. The first kappa shape index (κ1) is 11.9. The molecule has 0 amide bonds. The first-order valence-electron chi connectivity index (χ1n) is 5.54. The fourth-order valence-electron chi connectivity index (χ4n) is 1.48. The third kappa shape index (κ3) is 2.55. The topological polar surface area (TPSA) is 61.0 Å². The number of ether oxygens (including phenoxy) is 1. The minimum Gasteiger partial charge on any atom is -0.477 e. The van der Waals surface area contributed by atoms with Crippen molar-refractivity contribution in [3.8, 4) is 5.88 Å². The van der Waals surface area contributed by atoms with Crippen LogP contribution in [0.5, 0.6) is 5.88 Å². The Morgan fingerprint density at radius 2 is 2.35 bits per heavy atom. The van der Waals surface area contributed by atoms with Crippen LogP contribution in [0, 0.1) is 0 Å². The molecule has 2 rings (SSSR count). The lowest BCUT2D eigenvalue weighted by Gasteiger charge is -2.04. The molecule has 2 heterocycles. The van der Waals surface area contributed by atoms with Crippen LogP contribution in [-0.4, -0.2) is 16.6 Å². The molecule has 0 aliphatic rings. The molecule has 0 aliphatic heterocycles. The summed E-state index contributed by atoms with van der Waals surface area (Å²) in [6, 6.07) is 2.07. The Balaban J connectivity index is 2.37. The minimum absolute atomic E-state index is 0.260. The molecule has 0 aliphatic carbocycles. The zero-order valence-electron chi connectivity index (χ0n) is 9.77. The van der Waals surface area contributed by atoms with Crippen molar-refractivity contribution in [1.82, 2.24) is 9.97 Å². The second kappa shape index (κ2) is 5.14. The summed E-state index contributed by atoms with van der Waals surface area (Å²) >= 11 is 1.63. The molecular weight excluding hydrogens is 234 g/mol. The quantitative estimate of drug-likeness (QED) is 0.654. The summed E-state index contributed by atoms with van der Waals surface area (Å²) in [5.41, 5.74) is 5.66. The van der Waals surface area contributed by atoms with Gasteiger partial charge in [0.05, 0.1) is 12.0 Å². The van der Waals surface area contributed by atoms with Crippen LogP contribution in [0.2, 0.25) is 0 Å². The van der Waals surface area contributed by atoms with Gasteiger partial charge in [0.15, 0.2) is 0 Å². The molecule has 0 saturated carbocycles. The molecule has 4 nitrogen and oxygen atoms in total. The molecule has 0 aromatic carbocycles. The highest BCUT2D eigenvalue weighted by molar-refractivity contribution is 7.18. The van der Waals surface area contributed by atoms with E-state index in [-0.39, 0.29) is 5.95 Å². The Labute approximate surface area is 104 Å². The Hall–Kier alpha value is -1.62. The van der Waals surface area contributed by atoms with Crippen molar-refractivity contribution in [1.29, 1.82) is 0 Å². The molecule has 90 valence electrons. The minimum atomic E-state index is 0.260. The standard InChI is InChI=1S/C12H15N3OS/c1-3-5-6-16-10-9-7-8(4-2)17-11(9)15-12(13)14-10/h3,7H,1,4-6H2,2H3,(H2,13,14,15). The van der Waals surface area contributed by atoms with Gasteiger partial charge in [-0.05, 0) is 18.9 Å². The van der Waals surface area contributed by atoms with Crippen molar-refractivity contribution in [2.45, 2.75) is 19.8 Å². The van der Waals surface area contributed by atoms with Crippen LogP contribution in [0.3, 0.4) is 0 Å². The average molecular weight is 249 g/mol. The number of aryl methyl sites for hydroxylation is 1. The van der Waals surface area contributed by atoms with Crippen molar-refractivity contribution < 1.29 is 4.74 Å². The smallest absolute Gasteiger partial charge is 0.227 e. The summed E-state index contributed by atoms with van der Waals surface area (Å²) in [4.78, 5) is 10.5. The van der Waals surface area contributed by atoms with Gasteiger partial charge in [0.1, 0.15) is 4.83 Å².